The lowest BCUT2D eigenvalue weighted by molar-refractivity contribution is -0.318. The first-order valence-corrected chi connectivity index (χ1v) is 21.6. The Kier molecular flexibility index (Phi) is 15.8. The Morgan fingerprint density at radius 2 is 1.52 bits per heavy atom. The molecule has 0 aromatic heterocycles. The van der Waals surface area contributed by atoms with E-state index < -0.39 is 28.8 Å². The topological polar surface area (TPSA) is 81.7 Å². The van der Waals surface area contributed by atoms with E-state index in [4.69, 9.17) is 32.8 Å². The maximum atomic E-state index is 11.6. The molecule has 1 aliphatic heterocycles. The molecule has 1 rings (SSSR count). The van der Waals surface area contributed by atoms with Crippen molar-refractivity contribution in [1.82, 2.24) is 0 Å². The molecule has 234 valence electrons. The molecule has 8 nitrogen and oxygen atoms in total. The molecule has 1 fully saturated rings. The van der Waals surface area contributed by atoms with Crippen LogP contribution in [0.1, 0.15) is 47.0 Å². The first-order valence-electron chi connectivity index (χ1n) is 14.1. The van der Waals surface area contributed by atoms with Gasteiger partial charge in [0.1, 0.15) is 18.3 Å². The number of esters is 1. The highest BCUT2D eigenvalue weighted by Crippen LogP contribution is 2.39. The van der Waals surface area contributed by atoms with Crippen molar-refractivity contribution < 1.29 is 37.6 Å². The molecule has 0 aromatic carbocycles. The molecule has 7 atom stereocenters. The Balaban J connectivity index is 3.51. The van der Waals surface area contributed by atoms with Gasteiger partial charge in [0.05, 0.1) is 33.5 Å². The van der Waals surface area contributed by atoms with Crippen LogP contribution in [0.4, 0.5) is 0 Å². The van der Waals surface area contributed by atoms with Crippen molar-refractivity contribution in [3.05, 3.63) is 21.4 Å². The van der Waals surface area contributed by atoms with E-state index in [2.05, 4.69) is 88.2 Å². The molecule has 0 unspecified atom stereocenters. The highest BCUT2D eigenvalue weighted by Gasteiger charge is 2.48. The number of methoxy groups -OCH3 is 4. The fourth-order valence-corrected chi connectivity index (χ4v) is 6.42. The van der Waals surface area contributed by atoms with Crippen LogP contribution < -0.4 is 0 Å². The van der Waals surface area contributed by atoms with Crippen LogP contribution in [0.3, 0.4) is 0 Å². The molecule has 11 heteroatoms. The van der Waals surface area contributed by atoms with Gasteiger partial charge in [0.15, 0.2) is 14.6 Å². The lowest BCUT2D eigenvalue weighted by Crippen LogP contribution is -2.60. The van der Waals surface area contributed by atoms with Crippen LogP contribution in [-0.4, -0.2) is 93.7 Å². The largest absolute Gasteiger partial charge is 0.469 e. The van der Waals surface area contributed by atoms with Gasteiger partial charge >= 0.3 is 5.97 Å². The monoisotopic (exact) mass is 714 g/mol. The van der Waals surface area contributed by atoms with Gasteiger partial charge < -0.3 is 32.8 Å². The average molecular weight is 715 g/mol. The van der Waals surface area contributed by atoms with E-state index in [1.54, 1.807) is 21.3 Å². The molecule has 1 saturated heterocycles. The quantitative estimate of drug-likeness (QED) is 0.0808. The van der Waals surface area contributed by atoms with Crippen LogP contribution >= 0.6 is 22.6 Å². The summed E-state index contributed by atoms with van der Waals surface area (Å²) in [6.07, 6.45) is 5.05. The first kappa shape index (κ1) is 37.9. The summed E-state index contributed by atoms with van der Waals surface area (Å²) in [4.78, 5) is 11.6. The second-order valence-electron chi connectivity index (χ2n) is 12.9. The summed E-state index contributed by atoms with van der Waals surface area (Å²) in [7, 11) is 2.56. The number of carbonyl (C=O) groups excluding carboxylic acids is 1. The lowest BCUT2D eigenvalue weighted by atomic mass is 9.99. The highest BCUT2D eigenvalue weighted by molar-refractivity contribution is 14.1. The van der Waals surface area contributed by atoms with Crippen LogP contribution in [0.2, 0.25) is 37.8 Å². The second-order valence-corrected chi connectivity index (χ2v) is 24.9. The molecule has 0 N–H and O–H groups in total. The molecular formula is C29H55IO8Si2. The molecule has 40 heavy (non-hydrogen) atoms. The third-order valence-electron chi connectivity index (χ3n) is 7.76. The van der Waals surface area contributed by atoms with Crippen molar-refractivity contribution >= 4 is 45.0 Å². The number of hydrogen-bond donors (Lipinski definition) is 0. The van der Waals surface area contributed by atoms with E-state index in [0.717, 1.165) is 0 Å². The number of allylic oxidation sites excluding steroid dienone is 1. The SMILES string of the molecule is COC(=O)CC/C=C/C[C@H](O[C@@H]1O[C@@H](C)[C@H](OC)[C@@H](OC)[C@H]1OC)[C@@H](/C=C(/I)[Si](C)(C)C)O[Si](C)(C)C(C)(C)C. The summed E-state index contributed by atoms with van der Waals surface area (Å²) >= 11 is 2.47. The van der Waals surface area contributed by atoms with E-state index in [1.165, 1.54) is 10.3 Å². The molecule has 0 aromatic rings. The van der Waals surface area contributed by atoms with Crippen LogP contribution in [-0.2, 0) is 37.6 Å². The fraction of sp³-hybridized carbons (Fsp3) is 0.828. The lowest BCUT2D eigenvalue weighted by Gasteiger charge is -2.46. The Bertz CT molecular complexity index is 837. The van der Waals surface area contributed by atoms with Gasteiger partial charge in [-0.15, -0.1) is 0 Å². The maximum Gasteiger partial charge on any atom is 0.305 e. The van der Waals surface area contributed by atoms with Crippen molar-refractivity contribution in [2.45, 2.75) is 128 Å². The third-order valence-corrected chi connectivity index (χ3v) is 19.0. The van der Waals surface area contributed by atoms with Crippen molar-refractivity contribution in [3.63, 3.8) is 0 Å². The van der Waals surface area contributed by atoms with Crippen molar-refractivity contribution in [1.29, 1.82) is 0 Å². The van der Waals surface area contributed by atoms with E-state index in [0.29, 0.717) is 19.3 Å². The normalized spacial score (nSPS) is 26.6. The minimum atomic E-state index is -2.19. The number of halogens is 1. The van der Waals surface area contributed by atoms with E-state index in [1.807, 2.05) is 13.0 Å². The molecule has 1 aliphatic rings. The van der Waals surface area contributed by atoms with Gasteiger partial charge in [-0.25, -0.2) is 0 Å². The van der Waals surface area contributed by atoms with Crippen molar-refractivity contribution in [2.24, 2.45) is 0 Å². The summed E-state index contributed by atoms with van der Waals surface area (Å²) in [5, 5.41) is 0.0162. The van der Waals surface area contributed by atoms with Crippen molar-refractivity contribution in [2.75, 3.05) is 28.4 Å². The summed E-state index contributed by atoms with van der Waals surface area (Å²) in [5.41, 5.74) is 0. The molecule has 0 radical (unpaired) electrons. The van der Waals surface area contributed by atoms with Gasteiger partial charge in [0.2, 0.25) is 0 Å². The first-order chi connectivity index (χ1) is 18.4. The van der Waals surface area contributed by atoms with Crippen LogP contribution in [0.5, 0.6) is 0 Å². The summed E-state index contributed by atoms with van der Waals surface area (Å²) in [6, 6.07) is 0. The predicted octanol–water partition coefficient (Wildman–Crippen LogP) is 6.65. The molecule has 0 aliphatic carbocycles. The Labute approximate surface area is 259 Å². The van der Waals surface area contributed by atoms with E-state index >= 15 is 0 Å². The Hall–Kier alpha value is -0.126. The molecule has 0 spiro atoms. The number of rotatable bonds is 15. The summed E-state index contributed by atoms with van der Waals surface area (Å²) in [6.45, 7) is 20.2. The highest BCUT2D eigenvalue weighted by atomic mass is 127. The van der Waals surface area contributed by atoms with Crippen molar-refractivity contribution in [3.8, 4) is 0 Å². The second kappa shape index (κ2) is 16.6. The fourth-order valence-electron chi connectivity index (χ4n) is 4.14. The molecular weight excluding hydrogens is 659 g/mol. The van der Waals surface area contributed by atoms with E-state index in [9.17, 15) is 4.79 Å². The molecule has 0 saturated carbocycles. The molecule has 0 bridgehead atoms. The zero-order valence-electron chi connectivity index (χ0n) is 27.0. The zero-order valence-corrected chi connectivity index (χ0v) is 31.2. The third kappa shape index (κ3) is 11.2. The maximum absolute atomic E-state index is 11.6. The zero-order chi connectivity index (χ0) is 30.9. The Morgan fingerprint density at radius 3 is 2.00 bits per heavy atom. The number of carbonyl (C=O) groups is 1. The standard InChI is InChI=1S/C29H55IO8Si2/c1-20-25(33-6)26(34-7)27(35-8)28(36-20)37-21(17-15-14-16-18-24(31)32-5)22(19-23(30)39(9,10)11)38-40(12,13)29(2,3)4/h14-15,19-22,25-28H,16-18H2,1-13H3/b15-14+,23-19-/t20-,21-,22+,25-,26+,27+,28-/m0/s1. The van der Waals surface area contributed by atoms with Gasteiger partial charge in [0, 0.05) is 27.8 Å². The summed E-state index contributed by atoms with van der Waals surface area (Å²) in [5.74, 6) is -0.227. The summed E-state index contributed by atoms with van der Waals surface area (Å²) < 4.78 is 43.7. The number of ether oxygens (including phenoxy) is 6. The van der Waals surface area contributed by atoms with Gasteiger partial charge in [-0.05, 0) is 47.2 Å². The van der Waals surface area contributed by atoms with Gasteiger partial charge in [0.25, 0.3) is 0 Å². The van der Waals surface area contributed by atoms with Crippen LogP contribution in [0.25, 0.3) is 0 Å². The van der Waals surface area contributed by atoms with E-state index in [-0.39, 0.29) is 41.5 Å². The minimum absolute atomic E-state index is 0.0162. The minimum Gasteiger partial charge on any atom is -0.469 e. The smallest absolute Gasteiger partial charge is 0.305 e. The van der Waals surface area contributed by atoms with Gasteiger partial charge in [-0.1, -0.05) is 75.2 Å². The van der Waals surface area contributed by atoms with Gasteiger partial charge in [-0.2, -0.15) is 0 Å². The molecule has 0 amide bonds. The predicted molar refractivity (Wildman–Crippen MR) is 174 cm³/mol. The average Bonchev–Trinajstić information content (AvgIpc) is 2.85. The van der Waals surface area contributed by atoms with Crippen LogP contribution in [0.15, 0.2) is 21.4 Å². The Morgan fingerprint density at radius 1 is 0.950 bits per heavy atom. The number of hydrogen-bond acceptors (Lipinski definition) is 8. The van der Waals surface area contributed by atoms with Gasteiger partial charge in [-0.3, -0.25) is 4.79 Å². The van der Waals surface area contributed by atoms with Crippen LogP contribution in [0, 0.1) is 0 Å². The molecule has 1 heterocycles.